The van der Waals surface area contributed by atoms with Crippen molar-refractivity contribution < 1.29 is 9.59 Å². The average Bonchev–Trinajstić information content (AvgIpc) is 2.73. The van der Waals surface area contributed by atoms with E-state index in [1.165, 1.54) is 32.1 Å². The monoisotopic (exact) mass is 421 g/mol. The molecular formula is C23H36ClN3O2. The van der Waals surface area contributed by atoms with E-state index in [2.05, 4.69) is 10.6 Å². The highest BCUT2D eigenvalue weighted by atomic mass is 35.5. The molecule has 29 heavy (non-hydrogen) atoms. The second kappa shape index (κ2) is 12.2. The minimum atomic E-state index is -0.180. The Morgan fingerprint density at radius 3 is 2.28 bits per heavy atom. The van der Waals surface area contributed by atoms with Crippen molar-refractivity contribution in [2.75, 3.05) is 6.54 Å². The highest BCUT2D eigenvalue weighted by molar-refractivity contribution is 5.85. The molecular weight excluding hydrogens is 386 g/mol. The summed E-state index contributed by atoms with van der Waals surface area (Å²) in [5.41, 5.74) is 7.20. The first-order chi connectivity index (χ1) is 13.6. The van der Waals surface area contributed by atoms with Crippen molar-refractivity contribution in [3.05, 3.63) is 35.9 Å². The summed E-state index contributed by atoms with van der Waals surface area (Å²) in [6.07, 6.45) is 10.4. The van der Waals surface area contributed by atoms with Crippen LogP contribution in [0.2, 0.25) is 0 Å². The smallest absolute Gasteiger partial charge is 0.223 e. The summed E-state index contributed by atoms with van der Waals surface area (Å²) in [7, 11) is 0. The fraction of sp³-hybridized carbons (Fsp3) is 0.652. The molecule has 1 aromatic rings. The highest BCUT2D eigenvalue weighted by Gasteiger charge is 2.28. The number of halogens is 1. The SMILES string of the molecule is Cl.NC(CNC(=O)C1CCC(NC(=O)CC2CCCCC2)CC1)c1ccccc1. The average molecular weight is 422 g/mol. The first-order valence-electron chi connectivity index (χ1n) is 11.0. The third-order valence-corrected chi connectivity index (χ3v) is 6.39. The van der Waals surface area contributed by atoms with E-state index in [4.69, 9.17) is 5.73 Å². The van der Waals surface area contributed by atoms with Gasteiger partial charge in [-0.3, -0.25) is 9.59 Å². The predicted molar refractivity (Wildman–Crippen MR) is 119 cm³/mol. The van der Waals surface area contributed by atoms with Gasteiger partial charge in [0.05, 0.1) is 0 Å². The van der Waals surface area contributed by atoms with Gasteiger partial charge in [-0.25, -0.2) is 0 Å². The minimum absolute atomic E-state index is 0. The lowest BCUT2D eigenvalue weighted by molar-refractivity contribution is -0.126. The molecule has 0 saturated heterocycles. The predicted octanol–water partition coefficient (Wildman–Crippen LogP) is 3.87. The molecule has 5 nitrogen and oxygen atoms in total. The lowest BCUT2D eigenvalue weighted by Crippen LogP contribution is -2.42. The van der Waals surface area contributed by atoms with E-state index < -0.39 is 0 Å². The molecule has 2 aliphatic rings. The van der Waals surface area contributed by atoms with Crippen LogP contribution in [-0.4, -0.2) is 24.4 Å². The molecule has 0 aliphatic heterocycles. The first kappa shape index (κ1) is 23.7. The molecule has 0 aromatic heterocycles. The fourth-order valence-corrected chi connectivity index (χ4v) is 4.61. The van der Waals surface area contributed by atoms with Crippen LogP contribution in [0.5, 0.6) is 0 Å². The van der Waals surface area contributed by atoms with Gasteiger partial charge >= 0.3 is 0 Å². The standard InChI is InChI=1S/C23H35N3O2.ClH/c24-21(18-9-5-2-6-10-18)16-25-23(28)19-11-13-20(14-12-19)26-22(27)15-17-7-3-1-4-8-17;/h2,5-6,9-10,17,19-21H,1,3-4,7-8,11-16,24H2,(H,25,28)(H,26,27);1H. The number of amides is 2. The minimum Gasteiger partial charge on any atom is -0.354 e. The summed E-state index contributed by atoms with van der Waals surface area (Å²) in [4.78, 5) is 24.8. The van der Waals surface area contributed by atoms with Gasteiger partial charge in [-0.2, -0.15) is 0 Å². The van der Waals surface area contributed by atoms with Crippen LogP contribution in [0.4, 0.5) is 0 Å². The quantitative estimate of drug-likeness (QED) is 0.624. The van der Waals surface area contributed by atoms with Crippen molar-refractivity contribution in [1.82, 2.24) is 10.6 Å². The van der Waals surface area contributed by atoms with Crippen molar-refractivity contribution in [2.24, 2.45) is 17.6 Å². The molecule has 6 heteroatoms. The van der Waals surface area contributed by atoms with Gasteiger partial charge in [0.15, 0.2) is 0 Å². The van der Waals surface area contributed by atoms with E-state index in [1.807, 2.05) is 30.3 Å². The molecule has 1 unspecified atom stereocenters. The van der Waals surface area contributed by atoms with Gasteiger partial charge in [-0.1, -0.05) is 49.6 Å². The Labute approximate surface area is 181 Å². The lowest BCUT2D eigenvalue weighted by Gasteiger charge is -2.29. The summed E-state index contributed by atoms with van der Waals surface area (Å²) in [5.74, 6) is 0.908. The van der Waals surface area contributed by atoms with Crippen LogP contribution < -0.4 is 16.4 Å². The van der Waals surface area contributed by atoms with Gasteiger partial charge in [0.2, 0.25) is 11.8 Å². The number of rotatable bonds is 7. The van der Waals surface area contributed by atoms with E-state index >= 15 is 0 Å². The van der Waals surface area contributed by atoms with Crippen LogP contribution in [0, 0.1) is 11.8 Å². The zero-order valence-electron chi connectivity index (χ0n) is 17.3. The summed E-state index contributed by atoms with van der Waals surface area (Å²) in [6, 6.07) is 9.89. The largest absolute Gasteiger partial charge is 0.354 e. The van der Waals surface area contributed by atoms with Gasteiger partial charge in [0, 0.05) is 31.0 Å². The van der Waals surface area contributed by atoms with Crippen molar-refractivity contribution >= 4 is 24.2 Å². The van der Waals surface area contributed by atoms with Crippen LogP contribution in [0.1, 0.15) is 75.8 Å². The molecule has 2 saturated carbocycles. The molecule has 0 radical (unpaired) electrons. The number of carbonyl (C=O) groups is 2. The van der Waals surface area contributed by atoms with E-state index in [-0.39, 0.29) is 42.2 Å². The Balaban J connectivity index is 0.00000300. The molecule has 162 valence electrons. The van der Waals surface area contributed by atoms with Gasteiger partial charge in [-0.15, -0.1) is 12.4 Å². The number of nitrogens with one attached hydrogen (secondary N) is 2. The lowest BCUT2D eigenvalue weighted by atomic mass is 9.84. The Morgan fingerprint density at radius 2 is 1.62 bits per heavy atom. The van der Waals surface area contributed by atoms with Crippen LogP contribution in [0.15, 0.2) is 30.3 Å². The second-order valence-electron chi connectivity index (χ2n) is 8.59. The van der Waals surface area contributed by atoms with E-state index in [9.17, 15) is 9.59 Å². The molecule has 2 fully saturated rings. The van der Waals surface area contributed by atoms with Crippen LogP contribution in [0.25, 0.3) is 0 Å². The van der Waals surface area contributed by atoms with E-state index in [0.717, 1.165) is 31.2 Å². The highest BCUT2D eigenvalue weighted by Crippen LogP contribution is 2.27. The topological polar surface area (TPSA) is 84.2 Å². The third-order valence-electron chi connectivity index (χ3n) is 6.39. The number of nitrogens with two attached hydrogens (primary N) is 1. The second-order valence-corrected chi connectivity index (χ2v) is 8.59. The van der Waals surface area contributed by atoms with Crippen molar-refractivity contribution in [2.45, 2.75) is 76.3 Å². The molecule has 3 rings (SSSR count). The first-order valence-corrected chi connectivity index (χ1v) is 11.0. The van der Waals surface area contributed by atoms with Crippen molar-refractivity contribution in [3.63, 3.8) is 0 Å². The van der Waals surface area contributed by atoms with E-state index in [1.54, 1.807) is 0 Å². The van der Waals surface area contributed by atoms with Gasteiger partial charge in [0.25, 0.3) is 0 Å². The van der Waals surface area contributed by atoms with E-state index in [0.29, 0.717) is 18.9 Å². The number of hydrogen-bond acceptors (Lipinski definition) is 3. The molecule has 2 aliphatic carbocycles. The Hall–Kier alpha value is -1.59. The maximum absolute atomic E-state index is 12.5. The normalized spacial score (nSPS) is 23.5. The van der Waals surface area contributed by atoms with Crippen molar-refractivity contribution in [1.29, 1.82) is 0 Å². The Kier molecular flexibility index (Phi) is 9.95. The molecule has 0 spiro atoms. The molecule has 0 bridgehead atoms. The van der Waals surface area contributed by atoms with Gasteiger partial charge < -0.3 is 16.4 Å². The maximum atomic E-state index is 12.5. The summed E-state index contributed by atoms with van der Waals surface area (Å²) in [6.45, 7) is 0.459. The van der Waals surface area contributed by atoms with Crippen LogP contribution >= 0.6 is 12.4 Å². The Morgan fingerprint density at radius 1 is 0.966 bits per heavy atom. The third kappa shape index (κ3) is 7.63. The van der Waals surface area contributed by atoms with Crippen molar-refractivity contribution in [3.8, 4) is 0 Å². The zero-order valence-corrected chi connectivity index (χ0v) is 18.1. The molecule has 0 heterocycles. The number of hydrogen-bond donors (Lipinski definition) is 3. The fourth-order valence-electron chi connectivity index (χ4n) is 4.61. The summed E-state index contributed by atoms with van der Waals surface area (Å²) >= 11 is 0. The van der Waals surface area contributed by atoms with Gasteiger partial charge in [0.1, 0.15) is 0 Å². The molecule has 1 aromatic carbocycles. The van der Waals surface area contributed by atoms with Crippen LogP contribution in [0.3, 0.4) is 0 Å². The van der Waals surface area contributed by atoms with Crippen LogP contribution in [-0.2, 0) is 9.59 Å². The molecule has 2 amide bonds. The molecule has 4 N–H and O–H groups in total. The Bertz CT molecular complexity index is 626. The van der Waals surface area contributed by atoms with Gasteiger partial charge in [-0.05, 0) is 50.0 Å². The summed E-state index contributed by atoms with van der Waals surface area (Å²) in [5, 5.41) is 6.22. The zero-order chi connectivity index (χ0) is 19.8. The number of benzene rings is 1. The number of carbonyl (C=O) groups excluding carboxylic acids is 2. The maximum Gasteiger partial charge on any atom is 0.223 e. The summed E-state index contributed by atoms with van der Waals surface area (Å²) < 4.78 is 0. The molecule has 1 atom stereocenters.